The van der Waals surface area contributed by atoms with E-state index < -0.39 is 11.9 Å². The van der Waals surface area contributed by atoms with Gasteiger partial charge in [0.2, 0.25) is 5.91 Å². The highest BCUT2D eigenvalue weighted by Gasteiger charge is 2.56. The second-order valence-electron chi connectivity index (χ2n) is 6.13. The van der Waals surface area contributed by atoms with Gasteiger partial charge in [-0.1, -0.05) is 12.1 Å². The molecule has 4 nitrogen and oxygen atoms in total. The average molecular weight is 330 g/mol. The normalized spacial score (nSPS) is 25.3. The number of carbonyl (C=O) groups is 2. The number of rotatable bonds is 3. The van der Waals surface area contributed by atoms with E-state index >= 15 is 0 Å². The van der Waals surface area contributed by atoms with E-state index in [0.29, 0.717) is 17.3 Å². The summed E-state index contributed by atoms with van der Waals surface area (Å²) < 4.78 is 13.1. The predicted molar refractivity (Wildman–Crippen MR) is 85.3 cm³/mol. The van der Waals surface area contributed by atoms with Gasteiger partial charge in [-0.3, -0.25) is 9.59 Å². The molecule has 0 radical (unpaired) electrons. The van der Waals surface area contributed by atoms with Crippen molar-refractivity contribution < 1.29 is 14.0 Å². The van der Waals surface area contributed by atoms with Crippen molar-refractivity contribution in [3.63, 3.8) is 0 Å². The van der Waals surface area contributed by atoms with Gasteiger partial charge in [0.25, 0.3) is 5.91 Å². The number of primary amides is 1. The molecule has 1 aliphatic carbocycles. The molecule has 2 N–H and O–H groups in total. The van der Waals surface area contributed by atoms with Crippen molar-refractivity contribution in [2.75, 3.05) is 6.54 Å². The van der Waals surface area contributed by atoms with E-state index in [1.165, 1.54) is 23.5 Å². The zero-order valence-corrected chi connectivity index (χ0v) is 13.1. The van der Waals surface area contributed by atoms with Crippen molar-refractivity contribution in [3.8, 4) is 11.1 Å². The third-order valence-corrected chi connectivity index (χ3v) is 5.62. The molecule has 2 aromatic rings. The maximum atomic E-state index is 13.1. The third-order valence-electron chi connectivity index (χ3n) is 4.72. The van der Waals surface area contributed by atoms with Gasteiger partial charge in [-0.25, -0.2) is 4.39 Å². The van der Waals surface area contributed by atoms with Crippen molar-refractivity contribution in [2.24, 2.45) is 17.6 Å². The Labute approximate surface area is 136 Å². The van der Waals surface area contributed by atoms with Crippen LogP contribution in [-0.2, 0) is 4.79 Å². The Morgan fingerprint density at radius 1 is 1.22 bits per heavy atom. The summed E-state index contributed by atoms with van der Waals surface area (Å²) in [6.45, 7) is 0.595. The van der Waals surface area contributed by atoms with Gasteiger partial charge >= 0.3 is 0 Å². The Kier molecular flexibility index (Phi) is 3.23. The topological polar surface area (TPSA) is 63.4 Å². The minimum Gasteiger partial charge on any atom is -0.368 e. The summed E-state index contributed by atoms with van der Waals surface area (Å²) >= 11 is 1.34. The molecule has 118 valence electrons. The minimum atomic E-state index is -0.490. The van der Waals surface area contributed by atoms with Gasteiger partial charge in [-0.05, 0) is 47.4 Å². The van der Waals surface area contributed by atoms with Crippen LogP contribution >= 0.6 is 11.3 Å². The maximum absolute atomic E-state index is 13.1. The van der Waals surface area contributed by atoms with Gasteiger partial charge in [0.05, 0.1) is 4.88 Å². The van der Waals surface area contributed by atoms with Crippen LogP contribution < -0.4 is 5.73 Å². The molecule has 1 aromatic carbocycles. The molecule has 1 saturated carbocycles. The molecule has 1 aromatic heterocycles. The standard InChI is InChI=1S/C17H15FN2O2S/c18-11-3-1-9(2-4-11)12-5-6-23-15(12)17(22)20-8-10-7-13(10)14(20)16(19)21/h1-6,10,13-14H,7-8H2,(H2,19,21)/t10-,13-,14-/m0/s1. The van der Waals surface area contributed by atoms with Crippen molar-refractivity contribution >= 4 is 23.2 Å². The van der Waals surface area contributed by atoms with Crippen LogP contribution in [0.2, 0.25) is 0 Å². The summed E-state index contributed by atoms with van der Waals surface area (Å²) in [5, 5.41) is 1.84. The van der Waals surface area contributed by atoms with Crippen LogP contribution in [0.1, 0.15) is 16.1 Å². The molecule has 0 bridgehead atoms. The number of likely N-dealkylation sites (tertiary alicyclic amines) is 1. The lowest BCUT2D eigenvalue weighted by molar-refractivity contribution is -0.122. The smallest absolute Gasteiger partial charge is 0.265 e. The molecule has 2 aliphatic rings. The Hall–Kier alpha value is -2.21. The fourth-order valence-corrected chi connectivity index (χ4v) is 4.37. The summed E-state index contributed by atoms with van der Waals surface area (Å²) in [5.74, 6) is -0.264. The van der Waals surface area contributed by atoms with Crippen LogP contribution in [0.25, 0.3) is 11.1 Å². The Morgan fingerprint density at radius 3 is 2.65 bits per heavy atom. The van der Waals surface area contributed by atoms with E-state index in [1.807, 2.05) is 11.4 Å². The number of thiophene rings is 1. The van der Waals surface area contributed by atoms with Gasteiger partial charge in [0.1, 0.15) is 11.9 Å². The van der Waals surface area contributed by atoms with Gasteiger partial charge in [-0.2, -0.15) is 0 Å². The number of hydrogen-bond acceptors (Lipinski definition) is 3. The average Bonchev–Trinajstić information content (AvgIpc) is 2.99. The van der Waals surface area contributed by atoms with Crippen LogP contribution in [0.3, 0.4) is 0 Å². The van der Waals surface area contributed by atoms with E-state index in [9.17, 15) is 14.0 Å². The lowest BCUT2D eigenvalue weighted by atomic mass is 10.1. The molecule has 4 rings (SSSR count). The first kappa shape index (κ1) is 14.4. The number of piperidine rings is 1. The van der Waals surface area contributed by atoms with Crippen molar-refractivity contribution in [3.05, 3.63) is 46.4 Å². The zero-order chi connectivity index (χ0) is 16.1. The highest BCUT2D eigenvalue weighted by atomic mass is 32.1. The van der Waals surface area contributed by atoms with Gasteiger partial charge in [0.15, 0.2) is 0 Å². The number of hydrogen-bond donors (Lipinski definition) is 1. The molecule has 2 amide bonds. The molecule has 1 aliphatic heterocycles. The zero-order valence-electron chi connectivity index (χ0n) is 12.2. The van der Waals surface area contributed by atoms with Crippen LogP contribution in [-0.4, -0.2) is 29.3 Å². The van der Waals surface area contributed by atoms with E-state index in [1.54, 1.807) is 17.0 Å². The molecular formula is C17H15FN2O2S. The van der Waals surface area contributed by atoms with Gasteiger partial charge in [0, 0.05) is 12.1 Å². The van der Waals surface area contributed by atoms with Crippen LogP contribution in [0.5, 0.6) is 0 Å². The monoisotopic (exact) mass is 330 g/mol. The summed E-state index contributed by atoms with van der Waals surface area (Å²) in [7, 11) is 0. The molecule has 1 saturated heterocycles. The number of amides is 2. The van der Waals surface area contributed by atoms with Gasteiger partial charge < -0.3 is 10.6 Å². The van der Waals surface area contributed by atoms with Crippen LogP contribution in [0, 0.1) is 17.7 Å². The largest absolute Gasteiger partial charge is 0.368 e. The maximum Gasteiger partial charge on any atom is 0.265 e. The number of nitrogens with zero attached hydrogens (tertiary/aromatic N) is 1. The Bertz CT molecular complexity index is 786. The second kappa shape index (κ2) is 5.16. The first-order chi connectivity index (χ1) is 11.1. The highest BCUT2D eigenvalue weighted by Crippen LogP contribution is 2.50. The first-order valence-corrected chi connectivity index (χ1v) is 8.38. The molecule has 2 heterocycles. The van der Waals surface area contributed by atoms with Crippen molar-refractivity contribution in [1.82, 2.24) is 4.90 Å². The molecule has 0 unspecified atom stereocenters. The number of nitrogens with two attached hydrogens (primary N) is 1. The van der Waals surface area contributed by atoms with Crippen LogP contribution in [0.4, 0.5) is 4.39 Å². The number of fused-ring (bicyclic) bond motifs is 1. The Morgan fingerprint density at radius 2 is 1.96 bits per heavy atom. The molecule has 2 fully saturated rings. The molecule has 3 atom stereocenters. The van der Waals surface area contributed by atoms with E-state index in [-0.39, 0.29) is 17.6 Å². The summed E-state index contributed by atoms with van der Waals surface area (Å²) in [4.78, 5) is 26.8. The fourth-order valence-electron chi connectivity index (χ4n) is 3.50. The molecule has 23 heavy (non-hydrogen) atoms. The van der Waals surface area contributed by atoms with E-state index in [0.717, 1.165) is 17.5 Å². The lowest BCUT2D eigenvalue weighted by Gasteiger charge is -2.25. The summed E-state index contributed by atoms with van der Waals surface area (Å²) in [6, 6.07) is 7.41. The van der Waals surface area contributed by atoms with Crippen molar-refractivity contribution in [1.29, 1.82) is 0 Å². The van der Waals surface area contributed by atoms with Gasteiger partial charge in [-0.15, -0.1) is 11.3 Å². The van der Waals surface area contributed by atoms with E-state index in [4.69, 9.17) is 5.73 Å². The fraction of sp³-hybridized carbons (Fsp3) is 0.294. The summed E-state index contributed by atoms with van der Waals surface area (Å²) in [5.41, 5.74) is 7.05. The number of benzene rings is 1. The number of carbonyl (C=O) groups excluding carboxylic acids is 2. The van der Waals surface area contributed by atoms with Crippen LogP contribution in [0.15, 0.2) is 35.7 Å². The molecule has 6 heteroatoms. The summed E-state index contributed by atoms with van der Waals surface area (Å²) in [6.07, 6.45) is 0.979. The molecular weight excluding hydrogens is 315 g/mol. The number of halogens is 1. The van der Waals surface area contributed by atoms with Crippen molar-refractivity contribution in [2.45, 2.75) is 12.5 Å². The molecule has 0 spiro atoms. The SMILES string of the molecule is NC(=O)[C@@H]1[C@H]2C[C@H]2CN1C(=O)c1sccc1-c1ccc(F)cc1. The lowest BCUT2D eigenvalue weighted by Crippen LogP contribution is -2.46. The Balaban J connectivity index is 1.66. The second-order valence-corrected chi connectivity index (χ2v) is 7.05. The van der Waals surface area contributed by atoms with E-state index in [2.05, 4.69) is 0 Å². The minimum absolute atomic E-state index is 0.157. The third kappa shape index (κ3) is 2.34. The highest BCUT2D eigenvalue weighted by molar-refractivity contribution is 7.12. The first-order valence-electron chi connectivity index (χ1n) is 7.50. The predicted octanol–water partition coefficient (Wildman–Crippen LogP) is 2.50. The quantitative estimate of drug-likeness (QED) is 0.940.